The molecule has 4 amide bonds. The van der Waals surface area contributed by atoms with E-state index in [9.17, 15) is 14.4 Å². The van der Waals surface area contributed by atoms with Gasteiger partial charge >= 0.3 is 6.03 Å². The third kappa shape index (κ3) is 4.38. The highest BCUT2D eigenvalue weighted by Gasteiger charge is 2.56. The van der Waals surface area contributed by atoms with Crippen molar-refractivity contribution in [3.8, 4) is 0 Å². The van der Waals surface area contributed by atoms with Crippen LogP contribution in [0.2, 0.25) is 0 Å². The Kier molecular flexibility index (Phi) is 5.80. The predicted molar refractivity (Wildman–Crippen MR) is 123 cm³/mol. The number of carbonyl (C=O) groups excluding carboxylic acids is 3. The number of amides is 4. The summed E-state index contributed by atoms with van der Waals surface area (Å²) in [6.07, 6.45) is 2.16. The molecule has 2 aromatic rings. The Labute approximate surface area is 194 Å². The van der Waals surface area contributed by atoms with Crippen molar-refractivity contribution in [2.24, 2.45) is 11.3 Å². The molecule has 2 fully saturated rings. The standard InChI is InChI=1S/C25H32N4O4/c1-16-11-24(4,5)15-25(12-16)22(31)29(23(32)26-25)14-21(30)28(19-9-7-6-8-10-19)13-20-17(2)27-33-18(20)3/h6-10,16H,11-15H2,1-5H3,(H,26,32)/t16-,25-/m1/s1. The Morgan fingerprint density at radius 2 is 1.91 bits per heavy atom. The number of anilines is 1. The van der Waals surface area contributed by atoms with Crippen molar-refractivity contribution in [2.75, 3.05) is 11.4 Å². The van der Waals surface area contributed by atoms with Gasteiger partial charge in [0.05, 0.1) is 12.2 Å². The highest BCUT2D eigenvalue weighted by Crippen LogP contribution is 2.46. The van der Waals surface area contributed by atoms with Gasteiger partial charge in [0, 0.05) is 11.3 Å². The fourth-order valence-corrected chi connectivity index (χ4v) is 5.69. The molecule has 1 saturated heterocycles. The van der Waals surface area contributed by atoms with E-state index >= 15 is 0 Å². The van der Waals surface area contributed by atoms with Crippen LogP contribution in [-0.2, 0) is 16.1 Å². The fourth-order valence-electron chi connectivity index (χ4n) is 5.69. The third-order valence-electron chi connectivity index (χ3n) is 6.78. The van der Waals surface area contributed by atoms with Gasteiger partial charge in [0.2, 0.25) is 5.91 Å². The molecule has 8 heteroatoms. The average molecular weight is 453 g/mol. The molecule has 1 N–H and O–H groups in total. The largest absolute Gasteiger partial charge is 0.361 e. The van der Waals surface area contributed by atoms with E-state index in [0.717, 1.165) is 16.9 Å². The number of aromatic nitrogens is 1. The number of para-hydroxylation sites is 1. The molecular formula is C25H32N4O4. The summed E-state index contributed by atoms with van der Waals surface area (Å²) in [4.78, 5) is 42.5. The van der Waals surface area contributed by atoms with E-state index in [1.165, 1.54) is 0 Å². The van der Waals surface area contributed by atoms with E-state index < -0.39 is 11.6 Å². The summed E-state index contributed by atoms with van der Waals surface area (Å²) in [6, 6.07) is 8.72. The second-order valence-corrected chi connectivity index (χ2v) is 10.4. The van der Waals surface area contributed by atoms with E-state index in [1.807, 2.05) is 37.3 Å². The van der Waals surface area contributed by atoms with Gasteiger partial charge in [-0.15, -0.1) is 0 Å². The summed E-state index contributed by atoms with van der Waals surface area (Å²) in [7, 11) is 0. The lowest BCUT2D eigenvalue weighted by atomic mass is 9.64. The van der Waals surface area contributed by atoms with Crippen LogP contribution in [0.25, 0.3) is 0 Å². The maximum Gasteiger partial charge on any atom is 0.325 e. The average Bonchev–Trinajstić information content (AvgIpc) is 3.15. The van der Waals surface area contributed by atoms with Crippen molar-refractivity contribution in [2.45, 2.75) is 66.0 Å². The van der Waals surface area contributed by atoms with Crippen LogP contribution in [0, 0.1) is 25.2 Å². The van der Waals surface area contributed by atoms with Crippen molar-refractivity contribution in [1.82, 2.24) is 15.4 Å². The van der Waals surface area contributed by atoms with Gasteiger partial charge in [-0.1, -0.05) is 44.1 Å². The van der Waals surface area contributed by atoms with Crippen LogP contribution in [0.3, 0.4) is 0 Å². The summed E-state index contributed by atoms with van der Waals surface area (Å²) in [6.45, 7) is 9.90. The molecule has 2 aliphatic rings. The summed E-state index contributed by atoms with van der Waals surface area (Å²) in [5, 5.41) is 6.93. The molecule has 176 valence electrons. The minimum absolute atomic E-state index is 0.0694. The van der Waals surface area contributed by atoms with Crippen LogP contribution < -0.4 is 10.2 Å². The number of carbonyl (C=O) groups is 3. The van der Waals surface area contributed by atoms with Crippen LogP contribution >= 0.6 is 0 Å². The number of hydrogen-bond donors (Lipinski definition) is 1. The van der Waals surface area contributed by atoms with Crippen LogP contribution in [0.5, 0.6) is 0 Å². The topological polar surface area (TPSA) is 95.8 Å². The summed E-state index contributed by atoms with van der Waals surface area (Å²) in [5.74, 6) is 0.290. The van der Waals surface area contributed by atoms with E-state index in [0.29, 0.717) is 35.9 Å². The fraction of sp³-hybridized carbons (Fsp3) is 0.520. The highest BCUT2D eigenvalue weighted by molar-refractivity contribution is 6.10. The third-order valence-corrected chi connectivity index (χ3v) is 6.78. The van der Waals surface area contributed by atoms with Crippen molar-refractivity contribution < 1.29 is 18.9 Å². The molecule has 8 nitrogen and oxygen atoms in total. The van der Waals surface area contributed by atoms with Crippen molar-refractivity contribution in [1.29, 1.82) is 0 Å². The van der Waals surface area contributed by atoms with Gasteiger partial charge in [-0.25, -0.2) is 4.79 Å². The van der Waals surface area contributed by atoms with Gasteiger partial charge in [-0.2, -0.15) is 0 Å². The Morgan fingerprint density at radius 3 is 2.52 bits per heavy atom. The number of rotatable bonds is 5. The zero-order chi connectivity index (χ0) is 24.0. The van der Waals surface area contributed by atoms with Crippen LogP contribution in [-0.4, -0.2) is 40.0 Å². The minimum Gasteiger partial charge on any atom is -0.361 e. The van der Waals surface area contributed by atoms with Gasteiger partial charge in [0.15, 0.2) is 0 Å². The van der Waals surface area contributed by atoms with Crippen LogP contribution in [0.4, 0.5) is 10.5 Å². The first-order valence-electron chi connectivity index (χ1n) is 11.4. The lowest BCUT2D eigenvalue weighted by molar-refractivity contribution is -0.137. The Morgan fingerprint density at radius 1 is 1.21 bits per heavy atom. The lowest BCUT2D eigenvalue weighted by Crippen LogP contribution is -2.54. The number of hydrogen-bond acceptors (Lipinski definition) is 5. The number of nitrogens with zero attached hydrogens (tertiary/aromatic N) is 3. The van der Waals surface area contributed by atoms with Crippen LogP contribution in [0.1, 0.15) is 57.1 Å². The molecule has 1 saturated carbocycles. The smallest absolute Gasteiger partial charge is 0.325 e. The maximum absolute atomic E-state index is 13.5. The summed E-state index contributed by atoms with van der Waals surface area (Å²) in [5.41, 5.74) is 1.19. The van der Waals surface area contributed by atoms with Crippen molar-refractivity contribution in [3.63, 3.8) is 0 Å². The van der Waals surface area contributed by atoms with Crippen molar-refractivity contribution >= 4 is 23.5 Å². The second kappa shape index (κ2) is 8.32. The zero-order valence-electron chi connectivity index (χ0n) is 20.0. The molecule has 1 aliphatic heterocycles. The number of urea groups is 1. The van der Waals surface area contributed by atoms with Gasteiger partial charge in [0.25, 0.3) is 5.91 Å². The molecule has 1 spiro atoms. The monoisotopic (exact) mass is 452 g/mol. The van der Waals surface area contributed by atoms with E-state index in [1.54, 1.807) is 11.8 Å². The zero-order valence-corrected chi connectivity index (χ0v) is 20.0. The Balaban J connectivity index is 1.59. The summed E-state index contributed by atoms with van der Waals surface area (Å²) >= 11 is 0. The van der Waals surface area contributed by atoms with Gasteiger partial charge in [-0.05, 0) is 56.6 Å². The molecule has 0 unspecified atom stereocenters. The van der Waals surface area contributed by atoms with E-state index in [-0.39, 0.29) is 30.3 Å². The lowest BCUT2D eigenvalue weighted by Gasteiger charge is -2.43. The van der Waals surface area contributed by atoms with Crippen LogP contribution in [0.15, 0.2) is 34.9 Å². The Hall–Kier alpha value is -3.16. The first kappa shape index (κ1) is 23.0. The first-order valence-corrected chi connectivity index (χ1v) is 11.4. The first-order chi connectivity index (χ1) is 15.5. The number of aryl methyl sites for hydroxylation is 2. The second-order valence-electron chi connectivity index (χ2n) is 10.4. The van der Waals surface area contributed by atoms with Gasteiger partial charge in [-0.3, -0.25) is 14.5 Å². The molecule has 33 heavy (non-hydrogen) atoms. The predicted octanol–water partition coefficient (Wildman–Crippen LogP) is 3.96. The Bertz CT molecular complexity index is 1060. The molecule has 0 radical (unpaired) electrons. The van der Waals surface area contributed by atoms with E-state index in [4.69, 9.17) is 4.52 Å². The maximum atomic E-state index is 13.5. The highest BCUT2D eigenvalue weighted by atomic mass is 16.5. The van der Waals surface area contributed by atoms with Gasteiger partial charge in [0.1, 0.15) is 17.8 Å². The molecule has 2 heterocycles. The molecule has 0 bridgehead atoms. The molecule has 1 aromatic heterocycles. The molecule has 1 aromatic carbocycles. The number of imide groups is 1. The minimum atomic E-state index is -0.933. The number of benzene rings is 1. The molecular weight excluding hydrogens is 420 g/mol. The normalized spacial score (nSPS) is 24.3. The quantitative estimate of drug-likeness (QED) is 0.693. The molecule has 2 atom stereocenters. The molecule has 4 rings (SSSR count). The number of nitrogens with one attached hydrogen (secondary N) is 1. The summed E-state index contributed by atoms with van der Waals surface area (Å²) < 4.78 is 5.27. The SMILES string of the molecule is Cc1noc(C)c1CN(C(=O)CN1C(=O)N[C@@]2(C[C@H](C)CC(C)(C)C2)C1=O)c1ccccc1. The van der Waals surface area contributed by atoms with Gasteiger partial charge < -0.3 is 14.7 Å². The van der Waals surface area contributed by atoms with Crippen molar-refractivity contribution in [3.05, 3.63) is 47.3 Å². The van der Waals surface area contributed by atoms with E-state index in [2.05, 4.69) is 31.2 Å². The molecule has 1 aliphatic carbocycles.